The molecule has 0 bridgehead atoms. The zero-order valence-electron chi connectivity index (χ0n) is 28.4. The van der Waals surface area contributed by atoms with E-state index in [-0.39, 0.29) is 23.3 Å². The van der Waals surface area contributed by atoms with E-state index in [1.165, 1.54) is 7.11 Å². The van der Waals surface area contributed by atoms with E-state index in [0.29, 0.717) is 30.3 Å². The van der Waals surface area contributed by atoms with Gasteiger partial charge in [-0.3, -0.25) is 9.78 Å². The number of aromatic nitrogens is 3. The third-order valence-electron chi connectivity index (χ3n) is 7.63. The van der Waals surface area contributed by atoms with Gasteiger partial charge < -0.3 is 29.8 Å². The summed E-state index contributed by atoms with van der Waals surface area (Å²) in [4.78, 5) is 50.2. The average Bonchev–Trinajstić information content (AvgIpc) is 3.10. The first-order valence-corrected chi connectivity index (χ1v) is 15.9. The Balaban J connectivity index is 0.000000794. The van der Waals surface area contributed by atoms with Crippen molar-refractivity contribution in [2.24, 2.45) is 5.41 Å². The smallest absolute Gasteiger partial charge is 0.412 e. The number of piperidine rings is 1. The van der Waals surface area contributed by atoms with E-state index < -0.39 is 6.29 Å². The number of rotatable bonds is 8. The molecule has 1 saturated heterocycles. The number of amides is 2. The molecule has 1 aliphatic rings. The Kier molecular flexibility index (Phi) is 12.3. The van der Waals surface area contributed by atoms with Crippen molar-refractivity contribution >= 4 is 35.6 Å². The van der Waals surface area contributed by atoms with Crippen LogP contribution < -0.4 is 10.6 Å². The lowest BCUT2D eigenvalue weighted by molar-refractivity contribution is -0.113. The zero-order valence-corrected chi connectivity index (χ0v) is 28.4. The molecule has 48 heavy (non-hydrogen) atoms. The minimum Gasteiger partial charge on any atom is -0.420 e. The SMILES string of the molecule is CC(C)(C)C=O.COC(C)OC(=O)N1CCCC(c2ccc(C(=O)Nc3ccc(C)c(Nc4nccc(-c5cccnc5)n4)c3)cc2)C1. The molecule has 4 aromatic rings. The summed E-state index contributed by atoms with van der Waals surface area (Å²) in [5, 5.41) is 6.25. The summed E-state index contributed by atoms with van der Waals surface area (Å²) in [5.74, 6) is 0.403. The van der Waals surface area contributed by atoms with Gasteiger partial charge in [0.25, 0.3) is 5.91 Å². The Morgan fingerprint density at radius 2 is 1.81 bits per heavy atom. The second-order valence-electron chi connectivity index (χ2n) is 12.7. The predicted octanol–water partition coefficient (Wildman–Crippen LogP) is 7.38. The molecule has 11 heteroatoms. The molecule has 2 atom stereocenters. The Morgan fingerprint density at radius 3 is 2.48 bits per heavy atom. The first-order chi connectivity index (χ1) is 23.0. The fraction of sp³-hybridized carbons (Fsp3) is 0.351. The number of hydrogen-bond acceptors (Lipinski definition) is 9. The quantitative estimate of drug-likeness (QED) is 0.148. The highest BCUT2D eigenvalue weighted by atomic mass is 16.7. The first-order valence-electron chi connectivity index (χ1n) is 15.9. The topological polar surface area (TPSA) is 136 Å². The van der Waals surface area contributed by atoms with Crippen molar-refractivity contribution in [1.29, 1.82) is 0 Å². The fourth-order valence-corrected chi connectivity index (χ4v) is 4.84. The van der Waals surface area contributed by atoms with Gasteiger partial charge in [-0.2, -0.15) is 0 Å². The number of hydrogen-bond donors (Lipinski definition) is 2. The lowest BCUT2D eigenvalue weighted by Crippen LogP contribution is -2.40. The number of benzene rings is 2. The second kappa shape index (κ2) is 16.6. The molecule has 252 valence electrons. The van der Waals surface area contributed by atoms with Crippen LogP contribution in [0, 0.1) is 12.3 Å². The normalized spacial score (nSPS) is 15.0. The van der Waals surface area contributed by atoms with Crippen LogP contribution in [0.4, 0.5) is 22.1 Å². The number of aryl methyl sites for hydroxylation is 1. The molecule has 2 aromatic carbocycles. The maximum absolute atomic E-state index is 13.1. The van der Waals surface area contributed by atoms with Gasteiger partial charge in [0.15, 0.2) is 0 Å². The first kappa shape index (κ1) is 35.7. The second-order valence-corrected chi connectivity index (χ2v) is 12.7. The van der Waals surface area contributed by atoms with E-state index in [4.69, 9.17) is 9.47 Å². The van der Waals surface area contributed by atoms with Crippen LogP contribution in [0.1, 0.15) is 67.9 Å². The number of likely N-dealkylation sites (tertiary alicyclic amines) is 1. The van der Waals surface area contributed by atoms with E-state index in [9.17, 15) is 14.4 Å². The van der Waals surface area contributed by atoms with Gasteiger partial charge in [0.05, 0.1) is 5.69 Å². The molecule has 2 unspecified atom stereocenters. The number of pyridine rings is 1. The van der Waals surface area contributed by atoms with Gasteiger partial charge in [-0.15, -0.1) is 0 Å². The average molecular weight is 653 g/mol. The van der Waals surface area contributed by atoms with Crippen LogP contribution in [0.2, 0.25) is 0 Å². The molecular formula is C37H44N6O5. The van der Waals surface area contributed by atoms with Crippen molar-refractivity contribution in [2.75, 3.05) is 30.8 Å². The summed E-state index contributed by atoms with van der Waals surface area (Å²) in [5.41, 5.74) is 5.55. The molecule has 11 nitrogen and oxygen atoms in total. The third kappa shape index (κ3) is 10.4. The standard InChI is InChI=1S/C32H34N6O4.C5H10O/c1-21-8-13-27(18-29(21)37-31-34-16-14-28(36-31)25-6-4-15-33-19-25)35-30(39)24-11-9-23(10-12-24)26-7-5-17-38(20-26)32(40)42-22(2)41-3;1-5(2,3)4-6/h4,6,8-16,18-19,22,26H,5,7,17,20H2,1-3H3,(H,35,39)(H,34,36,37);4H,1-3H3. The summed E-state index contributed by atoms with van der Waals surface area (Å²) in [6.45, 7) is 10.5. The van der Waals surface area contributed by atoms with Crippen LogP contribution >= 0.6 is 0 Å². The maximum atomic E-state index is 13.1. The number of carbonyl (C=O) groups is 3. The van der Waals surface area contributed by atoms with E-state index in [1.807, 2.05) is 88.4 Å². The van der Waals surface area contributed by atoms with Gasteiger partial charge in [0.1, 0.15) is 6.29 Å². The molecular weight excluding hydrogens is 608 g/mol. The van der Waals surface area contributed by atoms with Gasteiger partial charge in [-0.1, -0.05) is 39.0 Å². The van der Waals surface area contributed by atoms with Crippen molar-refractivity contribution in [3.63, 3.8) is 0 Å². The molecule has 2 aromatic heterocycles. The number of methoxy groups -OCH3 is 1. The van der Waals surface area contributed by atoms with Crippen molar-refractivity contribution in [3.8, 4) is 11.3 Å². The summed E-state index contributed by atoms with van der Waals surface area (Å²) >= 11 is 0. The van der Waals surface area contributed by atoms with E-state index in [1.54, 1.807) is 30.4 Å². The molecule has 0 aliphatic carbocycles. The molecule has 3 heterocycles. The molecule has 1 fully saturated rings. The third-order valence-corrected chi connectivity index (χ3v) is 7.63. The van der Waals surface area contributed by atoms with Crippen molar-refractivity contribution in [2.45, 2.75) is 59.7 Å². The number of nitrogens with one attached hydrogen (secondary N) is 2. The largest absolute Gasteiger partial charge is 0.420 e. The van der Waals surface area contributed by atoms with E-state index >= 15 is 0 Å². The van der Waals surface area contributed by atoms with E-state index in [2.05, 4.69) is 25.6 Å². The number of ether oxygens (including phenoxy) is 2. The van der Waals surface area contributed by atoms with Crippen LogP contribution in [0.25, 0.3) is 11.3 Å². The van der Waals surface area contributed by atoms with Crippen LogP contribution in [0.3, 0.4) is 0 Å². The van der Waals surface area contributed by atoms with Crippen molar-refractivity contribution in [3.05, 3.63) is 95.9 Å². The zero-order chi connectivity index (χ0) is 34.7. The highest BCUT2D eigenvalue weighted by Crippen LogP contribution is 2.29. The lowest BCUT2D eigenvalue weighted by Gasteiger charge is -2.33. The predicted molar refractivity (Wildman–Crippen MR) is 186 cm³/mol. The van der Waals surface area contributed by atoms with Crippen molar-refractivity contribution < 1.29 is 23.9 Å². The van der Waals surface area contributed by atoms with Crippen LogP contribution in [-0.4, -0.2) is 64.6 Å². The number of aldehydes is 1. The Hall–Kier alpha value is -5.16. The summed E-state index contributed by atoms with van der Waals surface area (Å²) in [6.07, 6.45) is 6.99. The lowest BCUT2D eigenvalue weighted by atomic mass is 9.90. The monoisotopic (exact) mass is 652 g/mol. The summed E-state index contributed by atoms with van der Waals surface area (Å²) in [7, 11) is 1.50. The highest BCUT2D eigenvalue weighted by Gasteiger charge is 2.27. The highest BCUT2D eigenvalue weighted by molar-refractivity contribution is 6.04. The Bertz CT molecular complexity index is 1670. The molecule has 2 N–H and O–H groups in total. The van der Waals surface area contributed by atoms with Crippen LogP contribution in [0.5, 0.6) is 0 Å². The van der Waals surface area contributed by atoms with Gasteiger partial charge in [0.2, 0.25) is 12.2 Å². The number of nitrogens with zero attached hydrogens (tertiary/aromatic N) is 4. The Labute approximate surface area is 282 Å². The van der Waals surface area contributed by atoms with Crippen LogP contribution in [-0.2, 0) is 14.3 Å². The number of carbonyl (C=O) groups excluding carboxylic acids is 3. The van der Waals surface area contributed by atoms with E-state index in [0.717, 1.165) is 47.2 Å². The van der Waals surface area contributed by atoms with Gasteiger partial charge in [-0.25, -0.2) is 14.8 Å². The van der Waals surface area contributed by atoms with Crippen LogP contribution in [0.15, 0.2) is 79.3 Å². The maximum Gasteiger partial charge on any atom is 0.412 e. The molecule has 0 radical (unpaired) electrons. The molecule has 5 rings (SSSR count). The molecule has 1 aliphatic heterocycles. The van der Waals surface area contributed by atoms with Gasteiger partial charge in [-0.05, 0) is 80.3 Å². The summed E-state index contributed by atoms with van der Waals surface area (Å²) < 4.78 is 10.3. The molecule has 0 spiro atoms. The van der Waals surface area contributed by atoms with Gasteiger partial charge in [0, 0.05) is 72.6 Å². The van der Waals surface area contributed by atoms with Crippen molar-refractivity contribution in [1.82, 2.24) is 19.9 Å². The fourth-order valence-electron chi connectivity index (χ4n) is 4.84. The Morgan fingerprint density at radius 1 is 1.06 bits per heavy atom. The number of anilines is 3. The van der Waals surface area contributed by atoms with Gasteiger partial charge >= 0.3 is 6.09 Å². The minimum atomic E-state index is -0.590. The summed E-state index contributed by atoms with van der Waals surface area (Å²) in [6, 6.07) is 18.8. The molecule has 0 saturated carbocycles. The minimum absolute atomic E-state index is 0.139. The molecule has 2 amide bonds.